The molecule has 2 aliphatic heterocycles. The van der Waals surface area contributed by atoms with Gasteiger partial charge in [0.2, 0.25) is 12.6 Å². The number of ether oxygens (including phenoxy) is 3. The number of hydrogen-bond donors (Lipinski definition) is 3. The molecule has 2 aromatic heterocycles. The van der Waals surface area contributed by atoms with Gasteiger partial charge in [0.05, 0.1) is 18.7 Å². The summed E-state index contributed by atoms with van der Waals surface area (Å²) < 4.78 is 18.1. The monoisotopic (exact) mass is 533 g/mol. The van der Waals surface area contributed by atoms with E-state index >= 15 is 0 Å². The molecule has 2 aliphatic rings. The zero-order valence-corrected chi connectivity index (χ0v) is 22.6. The molecular formula is C28H35N7O4+2. The SMILES string of the molecule is COCCn1nnnc1C(c1cc2cc(C)c(C)cc2[nH]c1=O)[NH+]1CC[NH+](Cc2ccc3c(c2)OCO3)CC1. The molecule has 39 heavy (non-hydrogen) atoms. The van der Waals surface area contributed by atoms with E-state index in [9.17, 15) is 4.79 Å². The maximum Gasteiger partial charge on any atom is 0.258 e. The van der Waals surface area contributed by atoms with E-state index in [1.807, 2.05) is 18.2 Å². The zero-order valence-electron chi connectivity index (χ0n) is 22.6. The molecule has 1 fully saturated rings. The summed E-state index contributed by atoms with van der Waals surface area (Å²) in [5.41, 5.74) is 5.01. The number of nitrogens with zero attached hydrogens (tertiary/aromatic N) is 4. The molecule has 0 amide bonds. The molecule has 0 aliphatic carbocycles. The number of aromatic amines is 1. The highest BCUT2D eigenvalue weighted by Gasteiger charge is 2.37. The van der Waals surface area contributed by atoms with Gasteiger partial charge in [-0.1, -0.05) is 0 Å². The third kappa shape index (κ3) is 5.12. The second-order valence-corrected chi connectivity index (χ2v) is 10.5. The van der Waals surface area contributed by atoms with Crippen molar-refractivity contribution < 1.29 is 24.0 Å². The summed E-state index contributed by atoms with van der Waals surface area (Å²) >= 11 is 0. The van der Waals surface area contributed by atoms with E-state index in [0.29, 0.717) is 24.5 Å². The number of fused-ring (bicyclic) bond motifs is 2. The van der Waals surface area contributed by atoms with Crippen LogP contribution in [0.5, 0.6) is 11.5 Å². The Balaban J connectivity index is 1.29. The molecular weight excluding hydrogens is 498 g/mol. The minimum atomic E-state index is -0.293. The van der Waals surface area contributed by atoms with Crippen LogP contribution < -0.4 is 24.8 Å². The molecule has 11 heteroatoms. The van der Waals surface area contributed by atoms with E-state index in [4.69, 9.17) is 14.2 Å². The molecule has 1 saturated heterocycles. The van der Waals surface area contributed by atoms with Crippen molar-refractivity contribution in [1.82, 2.24) is 25.2 Å². The number of rotatable bonds is 8. The highest BCUT2D eigenvalue weighted by Crippen LogP contribution is 2.32. The number of nitrogens with one attached hydrogen (secondary N) is 3. The summed E-state index contributed by atoms with van der Waals surface area (Å²) in [4.78, 5) is 19.4. The Hall–Kier alpha value is -3.80. The van der Waals surface area contributed by atoms with Crippen molar-refractivity contribution in [3.05, 3.63) is 74.8 Å². The molecule has 1 unspecified atom stereocenters. The smallest absolute Gasteiger partial charge is 0.258 e. The molecule has 3 N–H and O–H groups in total. The molecule has 6 rings (SSSR count). The molecule has 2 aromatic carbocycles. The molecule has 11 nitrogen and oxygen atoms in total. The Morgan fingerprint density at radius 2 is 1.85 bits per heavy atom. The van der Waals surface area contributed by atoms with Crippen LogP contribution in [0, 0.1) is 13.8 Å². The summed E-state index contributed by atoms with van der Waals surface area (Å²) in [6.45, 7) is 10.0. The van der Waals surface area contributed by atoms with Crippen LogP contribution in [-0.2, 0) is 17.8 Å². The first kappa shape index (κ1) is 25.5. The molecule has 204 valence electrons. The number of methoxy groups -OCH3 is 1. The number of hydrogen-bond acceptors (Lipinski definition) is 7. The predicted octanol–water partition coefficient (Wildman–Crippen LogP) is -0.420. The minimum absolute atomic E-state index is 0.0975. The van der Waals surface area contributed by atoms with Gasteiger partial charge in [-0.15, -0.1) is 5.10 Å². The van der Waals surface area contributed by atoms with Crippen LogP contribution in [0.15, 0.2) is 41.2 Å². The topological polar surface area (TPSA) is 113 Å². The van der Waals surface area contributed by atoms with Gasteiger partial charge in [-0.2, -0.15) is 0 Å². The number of aryl methyl sites for hydroxylation is 2. The van der Waals surface area contributed by atoms with E-state index in [1.54, 1.807) is 11.8 Å². The number of quaternary nitrogens is 2. The van der Waals surface area contributed by atoms with Crippen LogP contribution in [-0.4, -0.2) is 71.9 Å². The predicted molar refractivity (Wildman–Crippen MR) is 143 cm³/mol. The number of piperazine rings is 1. The normalized spacial score (nSPS) is 19.5. The number of benzene rings is 2. The van der Waals surface area contributed by atoms with Crippen molar-refractivity contribution in [2.24, 2.45) is 0 Å². The van der Waals surface area contributed by atoms with Crippen LogP contribution in [0.4, 0.5) is 0 Å². The Morgan fingerprint density at radius 3 is 2.67 bits per heavy atom. The largest absolute Gasteiger partial charge is 0.454 e. The van der Waals surface area contributed by atoms with Gasteiger partial charge in [0.15, 0.2) is 17.5 Å². The number of H-pyrrole nitrogens is 1. The molecule has 0 radical (unpaired) electrons. The van der Waals surface area contributed by atoms with Crippen molar-refractivity contribution in [1.29, 1.82) is 0 Å². The molecule has 0 saturated carbocycles. The van der Waals surface area contributed by atoms with Gasteiger partial charge in [0.1, 0.15) is 32.7 Å². The molecule has 0 bridgehead atoms. The fraction of sp³-hybridized carbons (Fsp3) is 0.429. The first-order valence-corrected chi connectivity index (χ1v) is 13.5. The summed E-state index contributed by atoms with van der Waals surface area (Å²) in [7, 11) is 1.66. The Labute approximate surface area is 226 Å². The molecule has 1 atom stereocenters. The van der Waals surface area contributed by atoms with Crippen molar-refractivity contribution in [3.8, 4) is 11.5 Å². The second-order valence-electron chi connectivity index (χ2n) is 10.5. The van der Waals surface area contributed by atoms with Gasteiger partial charge in [-0.3, -0.25) is 4.79 Å². The van der Waals surface area contributed by atoms with Gasteiger partial charge in [0.25, 0.3) is 5.56 Å². The van der Waals surface area contributed by atoms with Crippen LogP contribution in [0.2, 0.25) is 0 Å². The van der Waals surface area contributed by atoms with Crippen LogP contribution >= 0.6 is 0 Å². The fourth-order valence-electron chi connectivity index (χ4n) is 5.73. The highest BCUT2D eigenvalue weighted by molar-refractivity contribution is 5.80. The molecule has 0 spiro atoms. The maximum atomic E-state index is 13.5. The quantitative estimate of drug-likeness (QED) is 0.282. The van der Waals surface area contributed by atoms with E-state index in [2.05, 4.69) is 52.6 Å². The van der Waals surface area contributed by atoms with Crippen molar-refractivity contribution in [3.63, 3.8) is 0 Å². The Bertz CT molecular complexity index is 1540. The van der Waals surface area contributed by atoms with Crippen LogP contribution in [0.3, 0.4) is 0 Å². The van der Waals surface area contributed by atoms with E-state index in [0.717, 1.165) is 60.7 Å². The fourth-order valence-corrected chi connectivity index (χ4v) is 5.73. The third-order valence-corrected chi connectivity index (χ3v) is 8.02. The summed E-state index contributed by atoms with van der Waals surface area (Å²) in [6, 6.07) is 12.1. The van der Waals surface area contributed by atoms with Gasteiger partial charge in [-0.25, -0.2) is 4.68 Å². The first-order valence-electron chi connectivity index (χ1n) is 13.5. The van der Waals surface area contributed by atoms with E-state index in [-0.39, 0.29) is 18.4 Å². The van der Waals surface area contributed by atoms with E-state index in [1.165, 1.54) is 20.9 Å². The van der Waals surface area contributed by atoms with Crippen molar-refractivity contribution in [2.45, 2.75) is 33.0 Å². The summed E-state index contributed by atoms with van der Waals surface area (Å²) in [5, 5.41) is 13.7. The number of pyridine rings is 1. The van der Waals surface area contributed by atoms with Crippen molar-refractivity contribution >= 4 is 10.9 Å². The van der Waals surface area contributed by atoms with Crippen LogP contribution in [0.25, 0.3) is 10.9 Å². The summed E-state index contributed by atoms with van der Waals surface area (Å²) in [6.07, 6.45) is 0. The van der Waals surface area contributed by atoms with Gasteiger partial charge in [-0.05, 0) is 77.2 Å². The lowest BCUT2D eigenvalue weighted by Gasteiger charge is -2.34. The molecule has 4 heterocycles. The van der Waals surface area contributed by atoms with Crippen molar-refractivity contribution in [2.75, 3.05) is 46.7 Å². The zero-order chi connectivity index (χ0) is 26.9. The Morgan fingerprint density at radius 1 is 1.05 bits per heavy atom. The maximum absolute atomic E-state index is 13.5. The van der Waals surface area contributed by atoms with Gasteiger partial charge >= 0.3 is 0 Å². The first-order chi connectivity index (χ1) is 19.0. The van der Waals surface area contributed by atoms with Gasteiger partial charge in [0, 0.05) is 18.2 Å². The van der Waals surface area contributed by atoms with Gasteiger partial charge < -0.3 is 29.0 Å². The average molecular weight is 534 g/mol. The number of tetrazole rings is 1. The molecule has 4 aromatic rings. The Kier molecular flexibility index (Phi) is 7.03. The lowest BCUT2D eigenvalue weighted by Crippen LogP contribution is -3.27. The lowest BCUT2D eigenvalue weighted by atomic mass is 10.00. The van der Waals surface area contributed by atoms with Crippen LogP contribution in [0.1, 0.15) is 34.1 Å². The number of aromatic nitrogens is 5. The van der Waals surface area contributed by atoms with E-state index < -0.39 is 0 Å². The minimum Gasteiger partial charge on any atom is -0.454 e. The highest BCUT2D eigenvalue weighted by atomic mass is 16.7. The third-order valence-electron chi connectivity index (χ3n) is 8.02. The lowest BCUT2D eigenvalue weighted by molar-refractivity contribution is -1.03. The standard InChI is InChI=1S/C28H33N7O4/c1-18-12-21-15-22(28(36)29-23(21)13-19(18)2)26(27-30-31-32-35(27)10-11-37-3)34-8-6-33(7-9-34)16-20-4-5-24-25(14-20)39-17-38-24/h4-5,12-15,26H,6-11,16-17H2,1-3H3,(H,29,36)/p+2. The second kappa shape index (κ2) is 10.8. The average Bonchev–Trinajstić information content (AvgIpc) is 3.59. The summed E-state index contributed by atoms with van der Waals surface area (Å²) in [5.74, 6) is 2.32.